The summed E-state index contributed by atoms with van der Waals surface area (Å²) in [5.74, 6) is -0.356. The minimum absolute atomic E-state index is 0.234. The molecule has 0 heterocycles. The Hall–Kier alpha value is -0.820. The molecule has 1 aromatic carbocycles. The maximum absolute atomic E-state index is 10.8. The monoisotopic (exact) mass is 364 g/mol. The number of hydrogen-bond acceptors (Lipinski definition) is 3. The Morgan fingerprint density at radius 1 is 1.33 bits per heavy atom. The largest absolute Gasteiger partial charge is 0.490 e. The van der Waals surface area contributed by atoms with Crippen molar-refractivity contribution < 1.29 is 19.4 Å². The van der Waals surface area contributed by atoms with E-state index >= 15 is 0 Å². The molecule has 5 heteroatoms. The average Bonchev–Trinajstić information content (AvgIpc) is 2.35. The number of ether oxygens (including phenoxy) is 2. The molecule has 1 N–H and O–H groups in total. The molecule has 0 saturated heterocycles. The summed E-state index contributed by atoms with van der Waals surface area (Å²) in [4.78, 5) is 10.8. The first-order chi connectivity index (χ1) is 8.65. The van der Waals surface area contributed by atoms with Crippen molar-refractivity contribution >= 4 is 28.6 Å². The molecule has 1 rings (SSSR count). The zero-order valence-electron chi connectivity index (χ0n) is 10.3. The van der Waals surface area contributed by atoms with Gasteiger partial charge in [-0.25, -0.2) is 4.79 Å². The predicted molar refractivity (Wildman–Crippen MR) is 77.3 cm³/mol. The summed E-state index contributed by atoms with van der Waals surface area (Å²) < 4.78 is 11.8. The molecule has 0 fully saturated rings. The summed E-state index contributed by atoms with van der Waals surface area (Å²) in [5, 5.41) is 8.89. The number of benzene rings is 1. The Kier molecular flexibility index (Phi) is 7.04. The summed E-state index contributed by atoms with van der Waals surface area (Å²) in [5.41, 5.74) is 0.234. The van der Waals surface area contributed by atoms with E-state index in [0.29, 0.717) is 19.0 Å². The molecule has 18 heavy (non-hydrogen) atoms. The molecule has 0 aliphatic heterocycles. The fourth-order valence-electron chi connectivity index (χ4n) is 1.31. The van der Waals surface area contributed by atoms with Gasteiger partial charge in [0.15, 0.2) is 0 Å². The summed E-state index contributed by atoms with van der Waals surface area (Å²) in [7, 11) is 0. The van der Waals surface area contributed by atoms with E-state index in [9.17, 15) is 4.79 Å². The molecule has 0 spiro atoms. The van der Waals surface area contributed by atoms with Crippen molar-refractivity contribution in [3.63, 3.8) is 0 Å². The van der Waals surface area contributed by atoms with E-state index in [1.54, 1.807) is 12.1 Å². The second-order valence-corrected chi connectivity index (χ2v) is 4.93. The Labute approximate surface area is 120 Å². The number of aromatic carboxylic acids is 1. The number of hydrogen-bond donors (Lipinski definition) is 1. The third-order valence-corrected chi connectivity index (χ3v) is 3.20. The van der Waals surface area contributed by atoms with Gasteiger partial charge < -0.3 is 14.6 Å². The lowest BCUT2D eigenvalue weighted by Gasteiger charge is -2.09. The molecule has 0 amide bonds. The van der Waals surface area contributed by atoms with Gasteiger partial charge in [-0.1, -0.05) is 13.3 Å². The van der Waals surface area contributed by atoms with Crippen LogP contribution in [0.15, 0.2) is 18.2 Å². The van der Waals surface area contributed by atoms with Gasteiger partial charge in [0, 0.05) is 6.61 Å². The molecule has 0 aromatic heterocycles. The van der Waals surface area contributed by atoms with Gasteiger partial charge in [0.25, 0.3) is 0 Å². The molecular formula is C13H17IO4. The third-order valence-electron chi connectivity index (χ3n) is 2.31. The molecule has 0 radical (unpaired) electrons. The van der Waals surface area contributed by atoms with Crippen LogP contribution in [0, 0.1) is 3.57 Å². The van der Waals surface area contributed by atoms with Gasteiger partial charge in [0.2, 0.25) is 0 Å². The van der Waals surface area contributed by atoms with E-state index in [4.69, 9.17) is 14.6 Å². The number of rotatable bonds is 8. The SMILES string of the molecule is CCCCOCCOc1cc(C(=O)O)ccc1I. The Morgan fingerprint density at radius 2 is 2.11 bits per heavy atom. The highest BCUT2D eigenvalue weighted by Gasteiger charge is 2.07. The normalized spacial score (nSPS) is 10.3. The van der Waals surface area contributed by atoms with E-state index < -0.39 is 5.97 Å². The topological polar surface area (TPSA) is 55.8 Å². The first kappa shape index (κ1) is 15.2. The number of carbonyl (C=O) groups is 1. The third kappa shape index (κ3) is 5.22. The van der Waals surface area contributed by atoms with E-state index in [0.717, 1.165) is 23.0 Å². The van der Waals surface area contributed by atoms with Gasteiger partial charge in [-0.3, -0.25) is 0 Å². The zero-order chi connectivity index (χ0) is 13.4. The lowest BCUT2D eigenvalue weighted by Crippen LogP contribution is -2.08. The highest BCUT2D eigenvalue weighted by Crippen LogP contribution is 2.22. The van der Waals surface area contributed by atoms with E-state index in [1.165, 1.54) is 6.07 Å². The van der Waals surface area contributed by atoms with Crippen LogP contribution < -0.4 is 4.74 Å². The summed E-state index contributed by atoms with van der Waals surface area (Å²) in [6.07, 6.45) is 2.16. The lowest BCUT2D eigenvalue weighted by atomic mass is 10.2. The van der Waals surface area contributed by atoms with E-state index in [-0.39, 0.29) is 5.56 Å². The van der Waals surface area contributed by atoms with E-state index in [1.807, 2.05) is 0 Å². The number of carboxylic acids is 1. The first-order valence-electron chi connectivity index (χ1n) is 5.88. The molecule has 100 valence electrons. The minimum atomic E-state index is -0.949. The van der Waals surface area contributed by atoms with Gasteiger partial charge in [-0.05, 0) is 47.2 Å². The highest BCUT2D eigenvalue weighted by atomic mass is 127. The fraction of sp³-hybridized carbons (Fsp3) is 0.462. The maximum atomic E-state index is 10.8. The first-order valence-corrected chi connectivity index (χ1v) is 6.96. The molecule has 0 aliphatic carbocycles. The second kappa shape index (κ2) is 8.31. The number of carboxylic acid groups (broad SMARTS) is 1. The molecule has 4 nitrogen and oxygen atoms in total. The zero-order valence-corrected chi connectivity index (χ0v) is 12.5. The van der Waals surface area contributed by atoms with Crippen LogP contribution in [-0.2, 0) is 4.74 Å². The van der Waals surface area contributed by atoms with Gasteiger partial charge in [-0.15, -0.1) is 0 Å². The van der Waals surface area contributed by atoms with Gasteiger partial charge in [0.1, 0.15) is 12.4 Å². The van der Waals surface area contributed by atoms with Crippen LogP contribution in [0.25, 0.3) is 0 Å². The van der Waals surface area contributed by atoms with Crippen molar-refractivity contribution in [1.29, 1.82) is 0 Å². The van der Waals surface area contributed by atoms with E-state index in [2.05, 4.69) is 29.5 Å². The van der Waals surface area contributed by atoms with Crippen LogP contribution in [0.4, 0.5) is 0 Å². The molecule has 0 saturated carbocycles. The van der Waals surface area contributed by atoms with Crippen LogP contribution in [0.1, 0.15) is 30.1 Å². The summed E-state index contributed by atoms with van der Waals surface area (Å²) >= 11 is 2.12. The highest BCUT2D eigenvalue weighted by molar-refractivity contribution is 14.1. The average molecular weight is 364 g/mol. The van der Waals surface area contributed by atoms with Crippen LogP contribution in [-0.4, -0.2) is 30.9 Å². The molecule has 0 aliphatic rings. The number of halogens is 1. The molecule has 0 bridgehead atoms. The lowest BCUT2D eigenvalue weighted by molar-refractivity contribution is 0.0696. The Balaban J connectivity index is 2.41. The second-order valence-electron chi connectivity index (χ2n) is 3.76. The molecule has 0 atom stereocenters. The Bertz CT molecular complexity index is 393. The summed E-state index contributed by atoms with van der Waals surface area (Å²) in [6.45, 7) is 3.81. The van der Waals surface area contributed by atoms with Crippen molar-refractivity contribution in [1.82, 2.24) is 0 Å². The molecule has 0 unspecified atom stereocenters. The Morgan fingerprint density at radius 3 is 2.78 bits per heavy atom. The summed E-state index contributed by atoms with van der Waals surface area (Å²) in [6, 6.07) is 4.84. The molecular weight excluding hydrogens is 347 g/mol. The van der Waals surface area contributed by atoms with Crippen LogP contribution in [0.2, 0.25) is 0 Å². The predicted octanol–water partition coefficient (Wildman–Crippen LogP) is 3.18. The van der Waals surface area contributed by atoms with Crippen LogP contribution in [0.5, 0.6) is 5.75 Å². The standard InChI is InChI=1S/C13H17IO4/c1-2-3-6-17-7-8-18-12-9-10(13(15)16)4-5-11(12)14/h4-5,9H,2-3,6-8H2,1H3,(H,15,16). The van der Waals surface area contributed by atoms with Crippen molar-refractivity contribution in [2.75, 3.05) is 19.8 Å². The van der Waals surface area contributed by atoms with Crippen molar-refractivity contribution in [3.8, 4) is 5.75 Å². The molecule has 1 aromatic rings. The van der Waals surface area contributed by atoms with Crippen molar-refractivity contribution in [3.05, 3.63) is 27.3 Å². The van der Waals surface area contributed by atoms with Crippen LogP contribution in [0.3, 0.4) is 0 Å². The van der Waals surface area contributed by atoms with Crippen molar-refractivity contribution in [2.24, 2.45) is 0 Å². The van der Waals surface area contributed by atoms with Crippen molar-refractivity contribution in [2.45, 2.75) is 19.8 Å². The van der Waals surface area contributed by atoms with Gasteiger partial charge in [-0.2, -0.15) is 0 Å². The number of unbranched alkanes of at least 4 members (excludes halogenated alkanes) is 1. The minimum Gasteiger partial charge on any atom is -0.490 e. The van der Waals surface area contributed by atoms with Gasteiger partial charge in [0.05, 0.1) is 15.7 Å². The quantitative estimate of drug-likeness (QED) is 0.569. The van der Waals surface area contributed by atoms with Gasteiger partial charge >= 0.3 is 5.97 Å². The van der Waals surface area contributed by atoms with Crippen LogP contribution >= 0.6 is 22.6 Å². The fourth-order valence-corrected chi connectivity index (χ4v) is 1.80. The smallest absolute Gasteiger partial charge is 0.335 e. The maximum Gasteiger partial charge on any atom is 0.335 e.